The Balaban J connectivity index is 2.06. The molecule has 0 bridgehead atoms. The number of aliphatic hydroxyl groups excluding tert-OH is 1. The summed E-state index contributed by atoms with van der Waals surface area (Å²) in [5, 5.41) is 31.3. The van der Waals surface area contributed by atoms with E-state index in [2.05, 4.69) is 0 Å². The van der Waals surface area contributed by atoms with Crippen LogP contribution < -0.4 is 4.74 Å². The minimum atomic E-state index is -1.09. The van der Waals surface area contributed by atoms with Crippen LogP contribution in [0, 0.1) is 20.2 Å². The van der Waals surface area contributed by atoms with E-state index in [1.165, 1.54) is 42.5 Å². The van der Waals surface area contributed by atoms with Crippen LogP contribution >= 0.6 is 11.6 Å². The van der Waals surface area contributed by atoms with Crippen LogP contribution in [0.25, 0.3) is 0 Å². The molecule has 0 aliphatic carbocycles. The van der Waals surface area contributed by atoms with Crippen molar-refractivity contribution in [1.29, 1.82) is 0 Å². The number of rotatable bonds is 6. The van der Waals surface area contributed by atoms with Gasteiger partial charge in [0.15, 0.2) is 0 Å². The first-order chi connectivity index (χ1) is 10.9. The van der Waals surface area contributed by atoms with Gasteiger partial charge in [-0.1, -0.05) is 23.7 Å². The predicted molar refractivity (Wildman–Crippen MR) is 81.7 cm³/mol. The second kappa shape index (κ2) is 7.03. The molecule has 0 fully saturated rings. The van der Waals surface area contributed by atoms with Crippen molar-refractivity contribution in [1.82, 2.24) is 0 Å². The van der Waals surface area contributed by atoms with Crippen molar-refractivity contribution in [2.24, 2.45) is 0 Å². The van der Waals surface area contributed by atoms with Gasteiger partial charge in [-0.2, -0.15) is 0 Å². The Hall–Kier alpha value is -2.71. The summed E-state index contributed by atoms with van der Waals surface area (Å²) in [6.45, 7) is -0.185. The van der Waals surface area contributed by atoms with Gasteiger partial charge in [0.05, 0.1) is 9.85 Å². The van der Waals surface area contributed by atoms with Gasteiger partial charge in [0.1, 0.15) is 23.5 Å². The molecule has 0 aliphatic rings. The summed E-state index contributed by atoms with van der Waals surface area (Å²) in [6, 6.07) is 9.36. The van der Waals surface area contributed by atoms with E-state index in [1.807, 2.05) is 0 Å². The summed E-state index contributed by atoms with van der Waals surface area (Å²) < 4.78 is 5.31. The summed E-state index contributed by atoms with van der Waals surface area (Å²) in [5.41, 5.74) is -0.0645. The number of hydrogen-bond donors (Lipinski definition) is 1. The number of halogens is 1. The summed E-state index contributed by atoms with van der Waals surface area (Å²) in [4.78, 5) is 20.2. The Morgan fingerprint density at radius 2 is 1.87 bits per heavy atom. The maximum Gasteiger partial charge on any atom is 0.288 e. The van der Waals surface area contributed by atoms with E-state index in [-0.39, 0.29) is 28.8 Å². The highest BCUT2D eigenvalue weighted by atomic mass is 35.5. The molecule has 0 amide bonds. The van der Waals surface area contributed by atoms with E-state index in [1.54, 1.807) is 0 Å². The zero-order valence-electron chi connectivity index (χ0n) is 11.6. The maximum atomic E-state index is 10.7. The van der Waals surface area contributed by atoms with Crippen molar-refractivity contribution in [3.63, 3.8) is 0 Å². The fraction of sp³-hybridized carbons (Fsp3) is 0.143. The lowest BCUT2D eigenvalue weighted by Crippen LogP contribution is -2.10. The zero-order valence-corrected chi connectivity index (χ0v) is 12.3. The number of nitrogens with zero attached hydrogens (tertiary/aromatic N) is 2. The average Bonchev–Trinajstić information content (AvgIpc) is 2.52. The van der Waals surface area contributed by atoms with E-state index < -0.39 is 16.0 Å². The van der Waals surface area contributed by atoms with E-state index in [0.29, 0.717) is 5.56 Å². The van der Waals surface area contributed by atoms with Crippen LogP contribution in [0.3, 0.4) is 0 Å². The van der Waals surface area contributed by atoms with Crippen molar-refractivity contribution in [2.75, 3.05) is 6.61 Å². The molecule has 1 atom stereocenters. The molecule has 2 rings (SSSR count). The van der Waals surface area contributed by atoms with Gasteiger partial charge in [0, 0.05) is 24.3 Å². The van der Waals surface area contributed by atoms with Crippen LogP contribution in [-0.4, -0.2) is 21.6 Å². The summed E-state index contributed by atoms with van der Waals surface area (Å²) in [6.07, 6.45) is -1.09. The predicted octanol–water partition coefficient (Wildman–Crippen LogP) is 3.27. The highest BCUT2D eigenvalue weighted by molar-refractivity contribution is 6.32. The van der Waals surface area contributed by atoms with Crippen LogP contribution in [0.1, 0.15) is 11.7 Å². The van der Waals surface area contributed by atoms with Crippen LogP contribution in [0.15, 0.2) is 42.5 Å². The summed E-state index contributed by atoms with van der Waals surface area (Å²) >= 11 is 5.75. The van der Waals surface area contributed by atoms with Gasteiger partial charge in [-0.15, -0.1) is 0 Å². The number of aliphatic hydroxyl groups is 1. The Morgan fingerprint density at radius 1 is 1.13 bits per heavy atom. The Kier molecular flexibility index (Phi) is 5.09. The van der Waals surface area contributed by atoms with E-state index >= 15 is 0 Å². The largest absolute Gasteiger partial charge is 0.490 e. The molecule has 0 aromatic heterocycles. The van der Waals surface area contributed by atoms with Crippen LogP contribution in [0.4, 0.5) is 11.4 Å². The molecular weight excluding hydrogens is 328 g/mol. The molecular formula is C14H11ClN2O6. The number of nitro groups is 2. The van der Waals surface area contributed by atoms with Crippen LogP contribution in [-0.2, 0) is 0 Å². The Labute approximate surface area is 135 Å². The molecule has 0 saturated heterocycles. The minimum absolute atomic E-state index is 0.0858. The number of hydrogen-bond acceptors (Lipinski definition) is 6. The molecule has 1 unspecified atom stereocenters. The SMILES string of the molecule is O=[N+]([O-])c1cccc(C(O)COc2ccc([N+](=O)[O-])c(Cl)c2)c1. The molecule has 8 nitrogen and oxygen atoms in total. The van der Waals surface area contributed by atoms with Crippen molar-refractivity contribution >= 4 is 23.0 Å². The molecule has 0 aliphatic heterocycles. The first kappa shape index (κ1) is 16.7. The van der Waals surface area contributed by atoms with Gasteiger partial charge in [-0.05, 0) is 11.6 Å². The maximum absolute atomic E-state index is 10.7. The number of non-ortho nitro benzene ring substituents is 1. The van der Waals surface area contributed by atoms with E-state index in [0.717, 1.165) is 0 Å². The molecule has 0 saturated carbocycles. The molecule has 1 N–H and O–H groups in total. The van der Waals surface area contributed by atoms with Crippen LogP contribution in [0.5, 0.6) is 5.75 Å². The molecule has 23 heavy (non-hydrogen) atoms. The van der Waals surface area contributed by atoms with Gasteiger partial charge in [0.2, 0.25) is 0 Å². The van der Waals surface area contributed by atoms with Crippen molar-refractivity contribution in [2.45, 2.75) is 6.10 Å². The molecule has 120 valence electrons. The molecule has 9 heteroatoms. The van der Waals surface area contributed by atoms with Gasteiger partial charge >= 0.3 is 0 Å². The van der Waals surface area contributed by atoms with Gasteiger partial charge in [0.25, 0.3) is 11.4 Å². The van der Waals surface area contributed by atoms with E-state index in [4.69, 9.17) is 16.3 Å². The van der Waals surface area contributed by atoms with Gasteiger partial charge < -0.3 is 9.84 Å². The third-order valence-electron chi connectivity index (χ3n) is 2.99. The van der Waals surface area contributed by atoms with Crippen molar-refractivity contribution < 1.29 is 19.7 Å². The standard InChI is InChI=1S/C14H11ClN2O6/c15-12-7-11(4-5-13(12)17(21)22)23-8-14(18)9-2-1-3-10(6-9)16(19)20/h1-7,14,18H,8H2. The Morgan fingerprint density at radius 3 is 2.48 bits per heavy atom. The van der Waals surface area contributed by atoms with Crippen molar-refractivity contribution in [3.8, 4) is 5.75 Å². The number of benzene rings is 2. The highest BCUT2D eigenvalue weighted by Crippen LogP contribution is 2.29. The lowest BCUT2D eigenvalue weighted by molar-refractivity contribution is -0.385. The minimum Gasteiger partial charge on any atom is -0.490 e. The van der Waals surface area contributed by atoms with Gasteiger partial charge in [-0.3, -0.25) is 20.2 Å². The molecule has 0 spiro atoms. The van der Waals surface area contributed by atoms with Gasteiger partial charge in [-0.25, -0.2) is 0 Å². The normalized spacial score (nSPS) is 11.7. The lowest BCUT2D eigenvalue weighted by atomic mass is 10.1. The second-order valence-electron chi connectivity index (χ2n) is 4.55. The number of nitro benzene ring substituents is 2. The second-order valence-corrected chi connectivity index (χ2v) is 4.96. The summed E-state index contributed by atoms with van der Waals surface area (Å²) in [7, 11) is 0. The third-order valence-corrected chi connectivity index (χ3v) is 3.29. The lowest BCUT2D eigenvalue weighted by Gasteiger charge is -2.12. The van der Waals surface area contributed by atoms with E-state index in [9.17, 15) is 25.3 Å². The average molecular weight is 339 g/mol. The van der Waals surface area contributed by atoms with Crippen molar-refractivity contribution in [3.05, 3.63) is 73.3 Å². The first-order valence-electron chi connectivity index (χ1n) is 6.37. The first-order valence-corrected chi connectivity index (χ1v) is 6.75. The zero-order chi connectivity index (χ0) is 17.0. The Bertz CT molecular complexity index is 752. The molecule has 0 radical (unpaired) electrons. The molecule has 0 heterocycles. The third kappa shape index (κ3) is 4.15. The topological polar surface area (TPSA) is 116 Å². The highest BCUT2D eigenvalue weighted by Gasteiger charge is 2.15. The molecule has 2 aromatic rings. The fourth-order valence-corrected chi connectivity index (χ4v) is 2.08. The quantitative estimate of drug-likeness (QED) is 0.638. The summed E-state index contributed by atoms with van der Waals surface area (Å²) in [5.74, 6) is 0.241. The number of ether oxygens (including phenoxy) is 1. The monoisotopic (exact) mass is 338 g/mol. The fourth-order valence-electron chi connectivity index (χ4n) is 1.84. The molecule has 2 aromatic carbocycles. The van der Waals surface area contributed by atoms with Crippen LogP contribution in [0.2, 0.25) is 5.02 Å². The smallest absolute Gasteiger partial charge is 0.288 e.